The van der Waals surface area contributed by atoms with Gasteiger partial charge in [-0.1, -0.05) is 0 Å². The molecule has 2 unspecified atom stereocenters. The molecule has 3 heterocycles. The first-order chi connectivity index (χ1) is 12.6. The predicted molar refractivity (Wildman–Crippen MR) is 91.7 cm³/mol. The topological polar surface area (TPSA) is 97.1 Å². The molecule has 2 aromatic heterocycles. The third-order valence-corrected chi connectivity index (χ3v) is 4.52. The van der Waals surface area contributed by atoms with Crippen LogP contribution in [0.3, 0.4) is 0 Å². The van der Waals surface area contributed by atoms with Gasteiger partial charge >= 0.3 is 6.18 Å². The fourth-order valence-electron chi connectivity index (χ4n) is 2.82. The Morgan fingerprint density at radius 2 is 2.19 bits per heavy atom. The first-order valence-electron chi connectivity index (χ1n) is 8.46. The van der Waals surface area contributed by atoms with Crippen molar-refractivity contribution in [1.29, 1.82) is 0 Å². The van der Waals surface area contributed by atoms with Crippen LogP contribution in [0, 0.1) is 6.92 Å². The van der Waals surface area contributed by atoms with Gasteiger partial charge in [0.05, 0.1) is 18.0 Å². The molecular weight excluding hydrogens is 365 g/mol. The van der Waals surface area contributed by atoms with Gasteiger partial charge in [0.1, 0.15) is 16.9 Å². The third-order valence-electron chi connectivity index (χ3n) is 4.52. The molecule has 3 N–H and O–H groups in total. The van der Waals surface area contributed by atoms with Crippen molar-refractivity contribution in [2.45, 2.75) is 45.2 Å². The van der Waals surface area contributed by atoms with E-state index < -0.39 is 23.6 Å². The molecule has 27 heavy (non-hydrogen) atoms. The summed E-state index contributed by atoms with van der Waals surface area (Å²) in [6, 6.07) is 0. The standard InChI is InChI=1S/C16H21F3N6O2/c1-4-20-12-10(16(17,18)19)7-21-14(23-12)22-11-8-25(24-9(11)2)15(3)5-6-27-13(15)26/h7-8,13,26H,4-6H2,1-3H3,(H2,20,21,22,23). The van der Waals surface area contributed by atoms with Gasteiger partial charge in [0.15, 0.2) is 6.29 Å². The Bertz CT molecular complexity index is 825. The van der Waals surface area contributed by atoms with Crippen molar-refractivity contribution in [1.82, 2.24) is 19.7 Å². The van der Waals surface area contributed by atoms with E-state index in [2.05, 4.69) is 25.7 Å². The molecule has 1 saturated heterocycles. The number of ether oxygens (including phenoxy) is 1. The summed E-state index contributed by atoms with van der Waals surface area (Å²) in [5.41, 5.74) is -0.539. The first kappa shape index (κ1) is 19.4. The summed E-state index contributed by atoms with van der Waals surface area (Å²) in [4.78, 5) is 7.71. The lowest BCUT2D eigenvalue weighted by molar-refractivity contribution is -0.137. The van der Waals surface area contributed by atoms with Crippen LogP contribution in [-0.2, 0) is 16.5 Å². The summed E-state index contributed by atoms with van der Waals surface area (Å²) in [5.74, 6) is -0.283. The van der Waals surface area contributed by atoms with E-state index in [-0.39, 0.29) is 18.3 Å². The molecular formula is C16H21F3N6O2. The maximum absolute atomic E-state index is 13.1. The third kappa shape index (κ3) is 3.69. The average Bonchev–Trinajstić information content (AvgIpc) is 3.11. The van der Waals surface area contributed by atoms with Crippen LogP contribution in [0.4, 0.5) is 30.6 Å². The Morgan fingerprint density at radius 1 is 1.44 bits per heavy atom. The summed E-state index contributed by atoms with van der Waals surface area (Å²) in [7, 11) is 0. The van der Waals surface area contributed by atoms with Crippen LogP contribution in [0.1, 0.15) is 31.5 Å². The number of halogens is 3. The van der Waals surface area contributed by atoms with Crippen LogP contribution >= 0.6 is 0 Å². The largest absolute Gasteiger partial charge is 0.421 e. The molecule has 0 spiro atoms. The van der Waals surface area contributed by atoms with Crippen molar-refractivity contribution in [3.63, 3.8) is 0 Å². The van der Waals surface area contributed by atoms with E-state index in [0.29, 0.717) is 24.4 Å². The first-order valence-corrected chi connectivity index (χ1v) is 8.46. The van der Waals surface area contributed by atoms with Gasteiger partial charge in [0, 0.05) is 25.4 Å². The Labute approximate surface area is 153 Å². The molecule has 0 aromatic carbocycles. The normalized spacial score (nSPS) is 22.9. The molecule has 2 aromatic rings. The molecule has 0 bridgehead atoms. The van der Waals surface area contributed by atoms with E-state index in [0.717, 1.165) is 6.20 Å². The van der Waals surface area contributed by atoms with Crippen molar-refractivity contribution >= 4 is 17.5 Å². The summed E-state index contributed by atoms with van der Waals surface area (Å²) in [5, 5.41) is 19.9. The second-order valence-electron chi connectivity index (χ2n) is 6.51. The summed E-state index contributed by atoms with van der Waals surface area (Å²) in [6.07, 6.45) is -2.57. The lowest BCUT2D eigenvalue weighted by Crippen LogP contribution is -2.38. The van der Waals surface area contributed by atoms with E-state index in [9.17, 15) is 18.3 Å². The van der Waals surface area contributed by atoms with E-state index in [4.69, 9.17) is 4.74 Å². The Balaban J connectivity index is 1.89. The molecule has 0 radical (unpaired) electrons. The number of aliphatic hydroxyl groups excluding tert-OH is 1. The number of aromatic nitrogens is 4. The lowest BCUT2D eigenvalue weighted by atomic mass is 10.0. The minimum absolute atomic E-state index is 0.00923. The summed E-state index contributed by atoms with van der Waals surface area (Å²) < 4.78 is 46.0. The molecule has 0 aliphatic carbocycles. The second kappa shape index (κ2) is 6.97. The van der Waals surface area contributed by atoms with Gasteiger partial charge in [-0.25, -0.2) is 4.98 Å². The van der Waals surface area contributed by atoms with Crippen molar-refractivity contribution < 1.29 is 23.0 Å². The van der Waals surface area contributed by atoms with Crippen molar-refractivity contribution in [3.8, 4) is 0 Å². The van der Waals surface area contributed by atoms with Crippen LogP contribution in [0.15, 0.2) is 12.4 Å². The minimum Gasteiger partial charge on any atom is -0.370 e. The molecule has 3 rings (SSSR count). The van der Waals surface area contributed by atoms with Crippen LogP contribution in [0.2, 0.25) is 0 Å². The zero-order valence-corrected chi connectivity index (χ0v) is 15.1. The number of hydrogen-bond acceptors (Lipinski definition) is 7. The van der Waals surface area contributed by atoms with Gasteiger partial charge in [-0.05, 0) is 20.8 Å². The smallest absolute Gasteiger partial charge is 0.370 e. The lowest BCUT2D eigenvalue weighted by Gasteiger charge is -2.26. The molecule has 1 fully saturated rings. The van der Waals surface area contributed by atoms with Gasteiger partial charge in [-0.2, -0.15) is 23.3 Å². The Morgan fingerprint density at radius 3 is 2.78 bits per heavy atom. The van der Waals surface area contributed by atoms with E-state index in [1.165, 1.54) is 0 Å². The average molecular weight is 386 g/mol. The van der Waals surface area contributed by atoms with Crippen LogP contribution in [0.5, 0.6) is 0 Å². The summed E-state index contributed by atoms with van der Waals surface area (Å²) in [6.45, 7) is 5.93. The molecule has 0 saturated carbocycles. The number of aryl methyl sites for hydroxylation is 1. The molecule has 8 nitrogen and oxygen atoms in total. The van der Waals surface area contributed by atoms with Gasteiger partial charge in [0.2, 0.25) is 5.95 Å². The summed E-state index contributed by atoms with van der Waals surface area (Å²) >= 11 is 0. The molecule has 1 aliphatic heterocycles. The highest BCUT2D eigenvalue weighted by Crippen LogP contribution is 2.35. The maximum atomic E-state index is 13.1. The fraction of sp³-hybridized carbons (Fsp3) is 0.562. The SMILES string of the molecule is CCNc1nc(Nc2cn(C3(C)CCOC3O)nc2C)ncc1C(F)(F)F. The molecule has 11 heteroatoms. The van der Waals surface area contributed by atoms with Crippen LogP contribution in [-0.4, -0.2) is 44.3 Å². The molecule has 2 atom stereocenters. The van der Waals surface area contributed by atoms with Crippen LogP contribution < -0.4 is 10.6 Å². The number of aliphatic hydroxyl groups is 1. The number of nitrogens with one attached hydrogen (secondary N) is 2. The highest BCUT2D eigenvalue weighted by molar-refractivity contribution is 5.58. The number of alkyl halides is 3. The zero-order chi connectivity index (χ0) is 19.8. The molecule has 148 valence electrons. The quantitative estimate of drug-likeness (QED) is 0.727. The minimum atomic E-state index is -4.55. The highest BCUT2D eigenvalue weighted by Gasteiger charge is 2.42. The number of nitrogens with zero attached hydrogens (tertiary/aromatic N) is 4. The number of hydrogen-bond donors (Lipinski definition) is 3. The van der Waals surface area contributed by atoms with E-state index in [1.54, 1.807) is 24.7 Å². The van der Waals surface area contributed by atoms with Gasteiger partial charge in [-0.15, -0.1) is 0 Å². The Kier molecular flexibility index (Phi) is 5.00. The predicted octanol–water partition coefficient (Wildman–Crippen LogP) is 2.63. The van der Waals surface area contributed by atoms with Gasteiger partial charge in [-0.3, -0.25) is 4.68 Å². The zero-order valence-electron chi connectivity index (χ0n) is 15.1. The molecule has 1 aliphatic rings. The van der Waals surface area contributed by atoms with Crippen molar-refractivity contribution in [3.05, 3.63) is 23.7 Å². The maximum Gasteiger partial charge on any atom is 0.421 e. The highest BCUT2D eigenvalue weighted by atomic mass is 19.4. The van der Waals surface area contributed by atoms with Crippen LogP contribution in [0.25, 0.3) is 0 Å². The second-order valence-corrected chi connectivity index (χ2v) is 6.51. The number of anilines is 3. The van der Waals surface area contributed by atoms with E-state index in [1.807, 2.05) is 6.92 Å². The fourth-order valence-corrected chi connectivity index (χ4v) is 2.82. The van der Waals surface area contributed by atoms with Crippen molar-refractivity contribution in [2.24, 2.45) is 0 Å². The van der Waals surface area contributed by atoms with Crippen molar-refractivity contribution in [2.75, 3.05) is 23.8 Å². The monoisotopic (exact) mass is 386 g/mol. The Hall–Kier alpha value is -2.40. The molecule has 0 amide bonds. The van der Waals surface area contributed by atoms with E-state index >= 15 is 0 Å². The van der Waals surface area contributed by atoms with Gasteiger partial charge in [0.25, 0.3) is 0 Å². The van der Waals surface area contributed by atoms with Gasteiger partial charge < -0.3 is 20.5 Å². The number of rotatable bonds is 5.